The molecule has 0 aromatic carbocycles. The van der Waals surface area contributed by atoms with Crippen LogP contribution in [0.2, 0.25) is 12.1 Å². The van der Waals surface area contributed by atoms with Crippen LogP contribution in [0, 0.1) is 0 Å². The Morgan fingerprint density at radius 2 is 1.03 bits per heavy atom. The molecule has 0 amide bonds. The molecule has 0 heterocycles. The molecule has 0 aromatic heterocycles. The van der Waals surface area contributed by atoms with E-state index in [4.69, 9.17) is 36.3 Å². The predicted molar refractivity (Wildman–Crippen MR) is 132 cm³/mol. The Hall–Kier alpha value is -0.866. The molecular formula is C22H46O10Si2. The fraction of sp³-hybridized carbons (Fsp3) is 0.909. The van der Waals surface area contributed by atoms with E-state index in [2.05, 4.69) is 0 Å². The van der Waals surface area contributed by atoms with Crippen molar-refractivity contribution in [1.82, 2.24) is 0 Å². The molecule has 0 radical (unpaired) electrons. The Morgan fingerprint density at radius 3 is 1.41 bits per heavy atom. The van der Waals surface area contributed by atoms with Crippen LogP contribution in [0.25, 0.3) is 0 Å². The molecule has 0 unspecified atom stereocenters. The second-order valence-electron chi connectivity index (χ2n) is 7.34. The topological polar surface area (TPSA) is 108 Å². The van der Waals surface area contributed by atoms with E-state index in [1.807, 2.05) is 34.6 Å². The fourth-order valence-corrected chi connectivity index (χ4v) is 8.63. The molecule has 0 saturated heterocycles. The zero-order valence-electron chi connectivity index (χ0n) is 22.0. The first-order valence-electron chi connectivity index (χ1n) is 12.4. The number of carbonyl (C=O) groups excluding carboxylic acids is 2. The van der Waals surface area contributed by atoms with E-state index in [9.17, 15) is 9.59 Å². The third-order valence-corrected chi connectivity index (χ3v) is 11.1. The van der Waals surface area contributed by atoms with E-state index in [1.54, 1.807) is 7.11 Å². The zero-order chi connectivity index (χ0) is 25.7. The Labute approximate surface area is 207 Å². The molecule has 0 fully saturated rings. The third-order valence-electron chi connectivity index (χ3n) is 4.68. The Kier molecular flexibility index (Phi) is 19.8. The molecule has 12 heteroatoms. The summed E-state index contributed by atoms with van der Waals surface area (Å²) in [6.45, 7) is 12.4. The van der Waals surface area contributed by atoms with E-state index >= 15 is 0 Å². The summed E-state index contributed by atoms with van der Waals surface area (Å²) < 4.78 is 44.7. The van der Waals surface area contributed by atoms with Crippen LogP contribution in [0.1, 0.15) is 60.3 Å². The van der Waals surface area contributed by atoms with Crippen molar-refractivity contribution in [3.8, 4) is 0 Å². The molecule has 202 valence electrons. The fourth-order valence-electron chi connectivity index (χ4n) is 3.36. The third kappa shape index (κ3) is 14.5. The summed E-state index contributed by atoms with van der Waals surface area (Å²) in [4.78, 5) is 24.2. The first kappa shape index (κ1) is 33.1. The molecule has 10 nitrogen and oxygen atoms in total. The second-order valence-corrected chi connectivity index (χ2v) is 13.3. The molecule has 0 spiro atoms. The van der Waals surface area contributed by atoms with Crippen molar-refractivity contribution < 1.29 is 45.9 Å². The lowest BCUT2D eigenvalue weighted by molar-refractivity contribution is -0.146. The van der Waals surface area contributed by atoms with E-state index < -0.39 is 17.4 Å². The summed E-state index contributed by atoms with van der Waals surface area (Å²) in [5.74, 6) is -0.618. The molecule has 34 heavy (non-hydrogen) atoms. The molecule has 0 aliphatic heterocycles. The van der Waals surface area contributed by atoms with Gasteiger partial charge in [-0.1, -0.05) is 0 Å². The van der Waals surface area contributed by atoms with Crippen LogP contribution in [-0.4, -0.2) is 88.9 Å². The van der Waals surface area contributed by atoms with Gasteiger partial charge in [0.2, 0.25) is 0 Å². The standard InChI is InChI=1S/C22H46O10Si2/c1-7-28-33(20-25-6,29-8-2)18-14-21(23)26-16-12-13-17-27-22(24)15-19-34(30-9-3,31-10-4)32-11-5/h7-20H2,1-6H3. The molecule has 0 atom stereocenters. The minimum Gasteiger partial charge on any atom is -0.466 e. The van der Waals surface area contributed by atoms with Crippen molar-refractivity contribution in [3.05, 3.63) is 0 Å². The highest BCUT2D eigenvalue weighted by Crippen LogP contribution is 2.19. The van der Waals surface area contributed by atoms with Gasteiger partial charge in [-0.2, -0.15) is 0 Å². The summed E-state index contributed by atoms with van der Waals surface area (Å²) in [6, 6.07) is 0.866. The lowest BCUT2D eigenvalue weighted by Gasteiger charge is -2.28. The van der Waals surface area contributed by atoms with Gasteiger partial charge in [-0.05, 0) is 47.5 Å². The van der Waals surface area contributed by atoms with Crippen molar-refractivity contribution in [3.63, 3.8) is 0 Å². The maximum atomic E-state index is 12.1. The number of hydrogen-bond donors (Lipinski definition) is 0. The quantitative estimate of drug-likeness (QED) is 0.112. The average Bonchev–Trinajstić information content (AvgIpc) is 2.80. The summed E-state index contributed by atoms with van der Waals surface area (Å²) >= 11 is 0. The van der Waals surface area contributed by atoms with Gasteiger partial charge in [0, 0.05) is 65.1 Å². The molecule has 0 aromatic rings. The maximum absolute atomic E-state index is 12.1. The Bertz CT molecular complexity index is 456. The summed E-state index contributed by atoms with van der Waals surface area (Å²) in [5, 5.41) is 0. The van der Waals surface area contributed by atoms with Crippen molar-refractivity contribution in [2.24, 2.45) is 0 Å². The monoisotopic (exact) mass is 526 g/mol. The van der Waals surface area contributed by atoms with Crippen molar-refractivity contribution in [2.75, 3.05) is 59.6 Å². The second kappa shape index (κ2) is 20.3. The zero-order valence-corrected chi connectivity index (χ0v) is 24.0. The number of unbranched alkanes of at least 4 members (excludes halogenated alkanes) is 1. The van der Waals surface area contributed by atoms with Gasteiger partial charge in [0.15, 0.2) is 0 Å². The first-order chi connectivity index (χ1) is 16.4. The van der Waals surface area contributed by atoms with Crippen molar-refractivity contribution in [1.29, 1.82) is 0 Å². The summed E-state index contributed by atoms with van der Waals surface area (Å²) in [6.07, 6.45) is 1.97. The summed E-state index contributed by atoms with van der Waals surface area (Å²) in [5.41, 5.74) is 0. The molecule has 0 aliphatic rings. The highest BCUT2D eigenvalue weighted by atomic mass is 28.4. The SMILES string of the molecule is CCO[Si](CCC(=O)OCCCCOC(=O)CC[Si](OCC)(OCC)OCC)(COC)OCC. The van der Waals surface area contributed by atoms with Crippen LogP contribution in [0.4, 0.5) is 0 Å². The molecule has 0 N–H and O–H groups in total. The molecular weight excluding hydrogens is 480 g/mol. The maximum Gasteiger partial charge on any atom is 0.501 e. The van der Waals surface area contributed by atoms with Crippen LogP contribution in [-0.2, 0) is 45.9 Å². The van der Waals surface area contributed by atoms with Gasteiger partial charge < -0.3 is 36.3 Å². The number of hydrogen-bond acceptors (Lipinski definition) is 10. The normalized spacial score (nSPS) is 12.1. The van der Waals surface area contributed by atoms with Crippen LogP contribution >= 0.6 is 0 Å². The highest BCUT2D eigenvalue weighted by Gasteiger charge is 2.41. The van der Waals surface area contributed by atoms with Gasteiger partial charge in [0.05, 0.1) is 19.4 Å². The van der Waals surface area contributed by atoms with Crippen LogP contribution in [0.3, 0.4) is 0 Å². The minimum absolute atomic E-state index is 0.175. The Morgan fingerprint density at radius 1 is 0.618 bits per heavy atom. The van der Waals surface area contributed by atoms with Crippen molar-refractivity contribution in [2.45, 2.75) is 72.4 Å². The lowest BCUT2D eigenvalue weighted by atomic mass is 10.3. The van der Waals surface area contributed by atoms with Gasteiger partial charge in [0.25, 0.3) is 0 Å². The van der Waals surface area contributed by atoms with E-state index in [1.165, 1.54) is 0 Å². The first-order valence-corrected chi connectivity index (χ1v) is 16.5. The average molecular weight is 527 g/mol. The molecule has 0 bridgehead atoms. The van der Waals surface area contributed by atoms with Gasteiger partial charge in [-0.25, -0.2) is 0 Å². The smallest absolute Gasteiger partial charge is 0.466 e. The van der Waals surface area contributed by atoms with Gasteiger partial charge in [0.1, 0.15) is 0 Å². The Balaban J connectivity index is 4.18. The van der Waals surface area contributed by atoms with E-state index in [0.717, 1.165) is 0 Å². The van der Waals surface area contributed by atoms with Crippen LogP contribution in [0.15, 0.2) is 0 Å². The molecule has 0 saturated carbocycles. The number of carbonyl (C=O) groups is 2. The van der Waals surface area contributed by atoms with Crippen LogP contribution < -0.4 is 0 Å². The van der Waals surface area contributed by atoms with E-state index in [0.29, 0.717) is 64.2 Å². The van der Waals surface area contributed by atoms with Gasteiger partial charge in [-0.15, -0.1) is 0 Å². The number of rotatable bonds is 23. The number of methoxy groups -OCH3 is 1. The summed E-state index contributed by atoms with van der Waals surface area (Å²) in [7, 11) is -3.83. The van der Waals surface area contributed by atoms with Gasteiger partial charge in [-0.3, -0.25) is 9.59 Å². The number of ether oxygens (including phenoxy) is 3. The van der Waals surface area contributed by atoms with Gasteiger partial charge >= 0.3 is 29.3 Å². The van der Waals surface area contributed by atoms with Crippen molar-refractivity contribution >= 4 is 29.3 Å². The molecule has 0 rings (SSSR count). The largest absolute Gasteiger partial charge is 0.501 e. The highest BCUT2D eigenvalue weighted by molar-refractivity contribution is 6.67. The number of esters is 2. The predicted octanol–water partition coefficient (Wildman–Crippen LogP) is 3.38. The molecule has 0 aliphatic carbocycles. The van der Waals surface area contributed by atoms with Crippen LogP contribution in [0.5, 0.6) is 0 Å². The van der Waals surface area contributed by atoms with E-state index in [-0.39, 0.29) is 38.0 Å². The minimum atomic E-state index is -2.85. The lowest BCUT2D eigenvalue weighted by Crippen LogP contribution is -2.47.